The number of rotatable bonds is 5. The van der Waals surface area contributed by atoms with Gasteiger partial charge in [-0.2, -0.15) is 11.8 Å². The second-order valence-corrected chi connectivity index (χ2v) is 6.50. The molecule has 0 nitrogen and oxygen atoms in total. The van der Waals surface area contributed by atoms with Crippen LogP contribution in [0.5, 0.6) is 0 Å². The van der Waals surface area contributed by atoms with E-state index in [1.165, 1.54) is 25.7 Å². The van der Waals surface area contributed by atoms with Crippen molar-refractivity contribution >= 4 is 11.8 Å². The highest BCUT2D eigenvalue weighted by molar-refractivity contribution is 8.00. The summed E-state index contributed by atoms with van der Waals surface area (Å²) in [6.45, 7) is 10.9. The third kappa shape index (κ3) is 4.01. The molecule has 1 heteroatoms. The first-order valence-electron chi connectivity index (χ1n) is 6.63. The second kappa shape index (κ2) is 7.21. The lowest BCUT2D eigenvalue weighted by atomic mass is 9.93. The van der Waals surface area contributed by atoms with Crippen molar-refractivity contribution in [3.63, 3.8) is 0 Å². The van der Waals surface area contributed by atoms with E-state index < -0.39 is 0 Å². The minimum atomic E-state index is 0.671. The molecular formula is C15H26S. The molecule has 0 spiro atoms. The van der Waals surface area contributed by atoms with Crippen molar-refractivity contribution in [2.75, 3.05) is 0 Å². The van der Waals surface area contributed by atoms with Crippen molar-refractivity contribution in [1.29, 1.82) is 0 Å². The number of allylic oxidation sites excluding steroid dienone is 2. The van der Waals surface area contributed by atoms with Crippen LogP contribution in [0, 0.1) is 11.8 Å². The summed E-state index contributed by atoms with van der Waals surface area (Å²) in [7, 11) is 0. The molecule has 0 radical (unpaired) electrons. The molecule has 16 heavy (non-hydrogen) atoms. The molecular weight excluding hydrogens is 212 g/mol. The molecule has 0 unspecified atom stereocenters. The van der Waals surface area contributed by atoms with Crippen molar-refractivity contribution in [1.82, 2.24) is 0 Å². The van der Waals surface area contributed by atoms with Crippen LogP contribution in [0.4, 0.5) is 0 Å². The Hall–Kier alpha value is -0.170. The summed E-state index contributed by atoms with van der Waals surface area (Å²) in [4.78, 5) is 0. The zero-order valence-corrected chi connectivity index (χ0v) is 11.8. The minimum absolute atomic E-state index is 0.671. The van der Waals surface area contributed by atoms with Gasteiger partial charge in [0.15, 0.2) is 0 Å². The Morgan fingerprint density at radius 3 is 2.69 bits per heavy atom. The van der Waals surface area contributed by atoms with E-state index in [0.29, 0.717) is 11.2 Å². The maximum Gasteiger partial charge on any atom is 0.0292 e. The van der Waals surface area contributed by atoms with Gasteiger partial charge in [0.05, 0.1) is 0 Å². The highest BCUT2D eigenvalue weighted by Crippen LogP contribution is 2.40. The number of hydrogen-bond acceptors (Lipinski definition) is 1. The van der Waals surface area contributed by atoms with Crippen LogP contribution in [-0.4, -0.2) is 10.5 Å². The topological polar surface area (TPSA) is 0 Å². The fraction of sp³-hybridized carbons (Fsp3) is 0.733. The first-order chi connectivity index (χ1) is 7.69. The standard InChI is InChI=1S/C15H26S/c1-5-7-8-9-15-13(6-2)10-11-14(16-15)12(3)4/h6,8-9,12-15H,2,5,7,10-11H2,1,3-4H3/b9-8+/t13-,14+,15+/m0/s1. The van der Waals surface area contributed by atoms with Gasteiger partial charge in [0.25, 0.3) is 0 Å². The van der Waals surface area contributed by atoms with Crippen LogP contribution < -0.4 is 0 Å². The van der Waals surface area contributed by atoms with Crippen LogP contribution in [-0.2, 0) is 0 Å². The SMILES string of the molecule is C=C[C@H]1CC[C@H](C(C)C)S[C@@H]1/C=C/CCC. The van der Waals surface area contributed by atoms with Crippen LogP contribution in [0.15, 0.2) is 24.8 Å². The highest BCUT2D eigenvalue weighted by atomic mass is 32.2. The monoisotopic (exact) mass is 238 g/mol. The molecule has 0 amide bonds. The van der Waals surface area contributed by atoms with E-state index >= 15 is 0 Å². The molecule has 1 heterocycles. The molecule has 1 aliphatic rings. The molecule has 0 aromatic heterocycles. The van der Waals surface area contributed by atoms with Gasteiger partial charge in [0.1, 0.15) is 0 Å². The van der Waals surface area contributed by atoms with Gasteiger partial charge in [-0.05, 0) is 31.1 Å². The zero-order chi connectivity index (χ0) is 12.0. The Balaban J connectivity index is 2.56. The summed E-state index contributed by atoms with van der Waals surface area (Å²) in [6, 6.07) is 0. The molecule has 1 saturated heterocycles. The average Bonchev–Trinajstić information content (AvgIpc) is 2.29. The van der Waals surface area contributed by atoms with E-state index in [2.05, 4.69) is 57.3 Å². The molecule has 0 N–H and O–H groups in total. The molecule has 1 rings (SSSR count). The Labute approximate surface area is 106 Å². The van der Waals surface area contributed by atoms with Crippen LogP contribution in [0.3, 0.4) is 0 Å². The maximum absolute atomic E-state index is 3.99. The van der Waals surface area contributed by atoms with E-state index in [4.69, 9.17) is 0 Å². The second-order valence-electron chi connectivity index (χ2n) is 5.08. The highest BCUT2D eigenvalue weighted by Gasteiger charge is 2.28. The van der Waals surface area contributed by atoms with E-state index in [-0.39, 0.29) is 0 Å². The van der Waals surface area contributed by atoms with Crippen LogP contribution >= 0.6 is 11.8 Å². The van der Waals surface area contributed by atoms with Gasteiger partial charge in [-0.3, -0.25) is 0 Å². The molecule has 1 aliphatic heterocycles. The minimum Gasteiger partial charge on any atom is -0.150 e. The third-order valence-corrected chi connectivity index (χ3v) is 5.32. The first kappa shape index (κ1) is 13.9. The van der Waals surface area contributed by atoms with Gasteiger partial charge in [-0.15, -0.1) is 6.58 Å². The van der Waals surface area contributed by atoms with Crippen molar-refractivity contribution in [2.45, 2.75) is 57.0 Å². The fourth-order valence-corrected chi connectivity index (χ4v) is 3.86. The summed E-state index contributed by atoms with van der Waals surface area (Å²) in [5.74, 6) is 1.49. The Morgan fingerprint density at radius 2 is 2.12 bits per heavy atom. The lowest BCUT2D eigenvalue weighted by Gasteiger charge is -2.34. The van der Waals surface area contributed by atoms with Gasteiger partial charge < -0.3 is 0 Å². The normalized spacial score (nSPS) is 31.1. The molecule has 1 fully saturated rings. The number of thioether (sulfide) groups is 1. The molecule has 0 aliphatic carbocycles. The van der Waals surface area contributed by atoms with Gasteiger partial charge in [0, 0.05) is 10.5 Å². The van der Waals surface area contributed by atoms with Crippen LogP contribution in [0.25, 0.3) is 0 Å². The summed E-state index contributed by atoms with van der Waals surface area (Å²) in [5.41, 5.74) is 0. The summed E-state index contributed by atoms with van der Waals surface area (Å²) < 4.78 is 0. The predicted octanol–water partition coefficient (Wildman–Crippen LogP) is 5.07. The Morgan fingerprint density at radius 1 is 1.38 bits per heavy atom. The van der Waals surface area contributed by atoms with E-state index in [1.807, 2.05) is 0 Å². The average molecular weight is 238 g/mol. The molecule has 92 valence electrons. The summed E-state index contributed by atoms with van der Waals surface area (Å²) in [6.07, 6.45) is 12.1. The first-order valence-corrected chi connectivity index (χ1v) is 7.58. The van der Waals surface area contributed by atoms with Gasteiger partial charge in [-0.1, -0.05) is 45.4 Å². The molecule has 3 atom stereocenters. The number of unbranched alkanes of at least 4 members (excludes halogenated alkanes) is 1. The van der Waals surface area contributed by atoms with Crippen molar-refractivity contribution in [3.8, 4) is 0 Å². The fourth-order valence-electron chi connectivity index (χ4n) is 2.22. The lowest BCUT2D eigenvalue weighted by Crippen LogP contribution is -2.27. The molecule has 0 aromatic carbocycles. The molecule has 0 aromatic rings. The van der Waals surface area contributed by atoms with Gasteiger partial charge in [0.2, 0.25) is 0 Å². The number of hydrogen-bond donors (Lipinski definition) is 0. The van der Waals surface area contributed by atoms with E-state index in [9.17, 15) is 0 Å². The Kier molecular flexibility index (Phi) is 6.26. The van der Waals surface area contributed by atoms with E-state index in [1.54, 1.807) is 0 Å². The van der Waals surface area contributed by atoms with Crippen molar-refractivity contribution < 1.29 is 0 Å². The zero-order valence-electron chi connectivity index (χ0n) is 11.0. The molecule has 0 bridgehead atoms. The smallest absolute Gasteiger partial charge is 0.0292 e. The quantitative estimate of drug-likeness (QED) is 0.603. The largest absolute Gasteiger partial charge is 0.150 e. The third-order valence-electron chi connectivity index (χ3n) is 3.37. The summed E-state index contributed by atoms with van der Waals surface area (Å²) in [5, 5.41) is 1.51. The van der Waals surface area contributed by atoms with Crippen molar-refractivity contribution in [3.05, 3.63) is 24.8 Å². The van der Waals surface area contributed by atoms with Crippen LogP contribution in [0.1, 0.15) is 46.5 Å². The lowest BCUT2D eigenvalue weighted by molar-refractivity contribution is 0.478. The Bertz CT molecular complexity index is 230. The van der Waals surface area contributed by atoms with Crippen molar-refractivity contribution in [2.24, 2.45) is 11.8 Å². The van der Waals surface area contributed by atoms with Crippen LogP contribution in [0.2, 0.25) is 0 Å². The molecule has 0 saturated carbocycles. The predicted molar refractivity (Wildman–Crippen MR) is 77.0 cm³/mol. The summed E-state index contributed by atoms with van der Waals surface area (Å²) >= 11 is 2.16. The van der Waals surface area contributed by atoms with E-state index in [0.717, 1.165) is 11.2 Å². The maximum atomic E-state index is 3.99. The van der Waals surface area contributed by atoms with Gasteiger partial charge >= 0.3 is 0 Å². The van der Waals surface area contributed by atoms with Gasteiger partial charge in [-0.25, -0.2) is 0 Å².